The number of benzene rings is 2. The minimum Gasteiger partial charge on any atom is -0.487 e. The zero-order chi connectivity index (χ0) is 63.4. The van der Waals surface area contributed by atoms with Gasteiger partial charge in [-0.25, -0.2) is 9.67 Å². The summed E-state index contributed by atoms with van der Waals surface area (Å²) in [5, 5.41) is 91.1. The lowest BCUT2D eigenvalue weighted by Crippen LogP contribution is -2.68. The maximum atomic E-state index is 11.6. The molecule has 7 heterocycles. The second-order valence-electron chi connectivity index (χ2n) is 24.0. The fraction of sp³-hybridized carbons (Fsp3) is 0.672. The largest absolute Gasteiger partial charge is 0.487 e. The van der Waals surface area contributed by atoms with Gasteiger partial charge in [-0.3, -0.25) is 9.36 Å². The van der Waals surface area contributed by atoms with Gasteiger partial charge in [0.15, 0.2) is 18.9 Å². The summed E-state index contributed by atoms with van der Waals surface area (Å²) in [5.74, 6) is 1.56. The van der Waals surface area contributed by atoms with Crippen molar-refractivity contribution in [3.8, 4) is 17.1 Å². The number of imidazole rings is 1. The fourth-order valence-corrected chi connectivity index (χ4v) is 11.7. The molecule has 11 unspecified atom stereocenters. The molecule has 0 amide bonds. The zero-order valence-corrected chi connectivity index (χ0v) is 50.8. The van der Waals surface area contributed by atoms with Crippen molar-refractivity contribution < 1.29 is 63.8 Å². The molecule has 0 bridgehead atoms. The van der Waals surface area contributed by atoms with Gasteiger partial charge >= 0.3 is 0 Å². The molecule has 1 aliphatic carbocycles. The van der Waals surface area contributed by atoms with E-state index in [1.807, 2.05) is 46.0 Å². The summed E-state index contributed by atoms with van der Waals surface area (Å²) in [5.41, 5.74) is 43.3. The molecule has 17 atom stereocenters. The Morgan fingerprint density at radius 2 is 1.24 bits per heavy atom. The quantitative estimate of drug-likeness (QED) is 0.0149. The number of nitrogens with zero attached hydrogens (tertiary/aromatic N) is 12. The molecule has 2 aromatic carbocycles. The molecule has 32 nitrogen and oxygen atoms in total. The van der Waals surface area contributed by atoms with Crippen LogP contribution >= 0.6 is 0 Å². The number of hydrogen-bond acceptors (Lipinski definition) is 28. The molecular weight excluding hydrogens is 1170 g/mol. The van der Waals surface area contributed by atoms with Crippen molar-refractivity contribution in [3.05, 3.63) is 78.1 Å². The number of H-pyrrole nitrogens is 1. The summed E-state index contributed by atoms with van der Waals surface area (Å²) in [6.07, 6.45) is -4.76. The Labute approximate surface area is 520 Å². The minimum atomic E-state index is -1.62. The number of aromatic nitrogens is 11. The lowest BCUT2D eigenvalue weighted by atomic mass is 9.84. The standard InChI is InChI=1S/C58H91N19O13/c1-73-18-20-74(21-19-73)37-12-15-41-42(24-37)66-55(65-41)33-10-13-38(14-11-33)85-31-36-30-76(72-69-36)17-7-3-2-6-16-75-28-34(67-70-75)8-4-5-9-35-29-77(71-68-35)22-23-84-56(43(78)32-86-57-46(63)51(82)49(80)44(26-59)87-57)90-54-48(79)39(61)25-40(62)53(54)89-58-47(64)52(83)50(81)45(27-60)88-58/h10-15,24,28-30,39-40,43-54,56-58,78-83H,2-9,16-23,25-27,31-32,59-64H2,1H3,(H,65,66)/t39-,40?,43?,44?,45?,46?,47?,48?,49-,50-,51?,52?,53-,54?,56?,57+,58-/m1/s1. The number of aryl methyl sites for hydroxylation is 4. The lowest BCUT2D eigenvalue weighted by molar-refractivity contribution is -0.316. The van der Waals surface area contributed by atoms with Crippen molar-refractivity contribution in [2.45, 2.75) is 188 Å². The summed E-state index contributed by atoms with van der Waals surface area (Å²) in [6.45, 7) is 5.18. The fourth-order valence-electron chi connectivity index (χ4n) is 11.7. The Morgan fingerprint density at radius 1 is 0.656 bits per heavy atom. The van der Waals surface area contributed by atoms with Gasteiger partial charge in [0.25, 0.3) is 0 Å². The van der Waals surface area contributed by atoms with E-state index in [0.29, 0.717) is 13.0 Å². The predicted octanol–water partition coefficient (Wildman–Crippen LogP) is -3.46. The molecule has 6 aromatic rings. The Bertz CT molecular complexity index is 3110. The van der Waals surface area contributed by atoms with E-state index in [2.05, 4.69) is 71.0 Å². The molecule has 19 N–H and O–H groups in total. The monoisotopic (exact) mass is 1260 g/mol. The van der Waals surface area contributed by atoms with E-state index in [1.165, 1.54) is 5.69 Å². The van der Waals surface area contributed by atoms with E-state index in [9.17, 15) is 30.6 Å². The molecule has 0 radical (unpaired) electrons. The summed E-state index contributed by atoms with van der Waals surface area (Å²) >= 11 is 0. The van der Waals surface area contributed by atoms with Gasteiger partial charge in [0.1, 0.15) is 78.8 Å². The molecule has 90 heavy (non-hydrogen) atoms. The molecule has 1 saturated carbocycles. The number of anilines is 1. The molecule has 10 rings (SSSR count). The zero-order valence-electron chi connectivity index (χ0n) is 50.8. The van der Waals surface area contributed by atoms with E-state index in [-0.39, 0.29) is 32.7 Å². The highest BCUT2D eigenvalue weighted by molar-refractivity contribution is 5.83. The second kappa shape index (κ2) is 31.7. The van der Waals surface area contributed by atoms with E-state index in [4.69, 9.17) is 72.5 Å². The van der Waals surface area contributed by atoms with Gasteiger partial charge in [-0.1, -0.05) is 28.5 Å². The number of nitrogens with two attached hydrogens (primary N) is 6. The van der Waals surface area contributed by atoms with Gasteiger partial charge in [-0.15, -0.1) is 15.3 Å². The van der Waals surface area contributed by atoms with E-state index in [1.54, 1.807) is 10.9 Å². The molecule has 3 aliphatic heterocycles. The molecular formula is C58H91N19O13. The Morgan fingerprint density at radius 3 is 1.88 bits per heavy atom. The van der Waals surface area contributed by atoms with Crippen LogP contribution in [0.4, 0.5) is 5.69 Å². The number of ether oxygens (including phenoxy) is 7. The third-order valence-electron chi connectivity index (χ3n) is 17.2. The Balaban J connectivity index is 0.625. The number of likely N-dealkylation sites (N-methyl/N-ethyl adjacent to an activating group) is 1. The van der Waals surface area contributed by atoms with Crippen LogP contribution < -0.4 is 44.0 Å². The van der Waals surface area contributed by atoms with Crippen molar-refractivity contribution in [2.75, 3.05) is 64.4 Å². The van der Waals surface area contributed by atoms with Gasteiger partial charge in [0, 0.05) is 88.1 Å². The number of aliphatic hydroxyl groups is 6. The number of unbranched alkanes of at least 4 members (excludes halogenated alkanes) is 4. The number of piperazine rings is 1. The number of fused-ring (bicyclic) bond motifs is 1. The summed E-state index contributed by atoms with van der Waals surface area (Å²) in [6, 6.07) is 10.1. The molecule has 4 aliphatic rings. The lowest BCUT2D eigenvalue weighted by Gasteiger charge is -2.47. The number of aromatic amines is 1. The Kier molecular flexibility index (Phi) is 23.6. The number of aliphatic hydroxyl groups excluding tert-OH is 6. The van der Waals surface area contributed by atoms with Gasteiger partial charge in [0.2, 0.25) is 0 Å². The smallest absolute Gasteiger partial charge is 0.186 e. The van der Waals surface area contributed by atoms with Gasteiger partial charge < -0.3 is 113 Å². The molecule has 0 spiro atoms. The van der Waals surface area contributed by atoms with Crippen molar-refractivity contribution in [1.82, 2.24) is 59.8 Å². The van der Waals surface area contributed by atoms with Gasteiger partial charge in [-0.2, -0.15) is 0 Å². The van der Waals surface area contributed by atoms with Crippen LogP contribution in [0.5, 0.6) is 5.75 Å². The van der Waals surface area contributed by atoms with Crippen LogP contribution in [-0.4, -0.2) is 254 Å². The second-order valence-corrected chi connectivity index (χ2v) is 24.0. The van der Waals surface area contributed by atoms with E-state index >= 15 is 0 Å². The van der Waals surface area contributed by atoms with Gasteiger partial charge in [0.05, 0.1) is 66.6 Å². The average Bonchev–Trinajstić information content (AvgIpc) is 2.77. The highest BCUT2D eigenvalue weighted by Crippen LogP contribution is 2.32. The topological polar surface area (TPSA) is 469 Å². The van der Waals surface area contributed by atoms with Crippen LogP contribution in [0.3, 0.4) is 0 Å². The van der Waals surface area contributed by atoms with Crippen LogP contribution in [0.15, 0.2) is 61.1 Å². The van der Waals surface area contributed by atoms with Crippen molar-refractivity contribution in [2.24, 2.45) is 34.4 Å². The van der Waals surface area contributed by atoms with Crippen LogP contribution in [0.25, 0.3) is 22.4 Å². The first-order chi connectivity index (χ1) is 43.5. The predicted molar refractivity (Wildman–Crippen MR) is 324 cm³/mol. The molecule has 496 valence electrons. The van der Waals surface area contributed by atoms with Crippen LogP contribution in [0.2, 0.25) is 0 Å². The highest BCUT2D eigenvalue weighted by Gasteiger charge is 2.50. The third-order valence-corrected chi connectivity index (χ3v) is 17.2. The molecule has 4 aromatic heterocycles. The summed E-state index contributed by atoms with van der Waals surface area (Å²) in [4.78, 5) is 13.1. The first kappa shape index (κ1) is 67.1. The number of hydrogen-bond donors (Lipinski definition) is 13. The molecule has 4 fully saturated rings. The van der Waals surface area contributed by atoms with Gasteiger partial charge in [-0.05, 0) is 94.5 Å². The maximum absolute atomic E-state index is 11.6. The average molecular weight is 1260 g/mol. The first-order valence-electron chi connectivity index (χ1n) is 31.2. The maximum Gasteiger partial charge on any atom is 0.186 e. The molecule has 32 heteroatoms. The molecule has 3 saturated heterocycles. The van der Waals surface area contributed by atoms with Crippen LogP contribution in [0.1, 0.15) is 62.0 Å². The third kappa shape index (κ3) is 17.1. The van der Waals surface area contributed by atoms with E-state index in [0.717, 1.165) is 129 Å². The number of nitrogens with one attached hydrogen (secondary N) is 1. The van der Waals surface area contributed by atoms with E-state index < -0.39 is 111 Å². The Hall–Kier alpha value is -5.83. The van der Waals surface area contributed by atoms with Crippen molar-refractivity contribution in [3.63, 3.8) is 0 Å². The highest BCUT2D eigenvalue weighted by atomic mass is 16.7. The number of rotatable bonds is 31. The van der Waals surface area contributed by atoms with Crippen LogP contribution in [0, 0.1) is 0 Å². The first-order valence-corrected chi connectivity index (χ1v) is 31.2. The van der Waals surface area contributed by atoms with Crippen molar-refractivity contribution in [1.29, 1.82) is 0 Å². The normalized spacial score (nSPS) is 29.3. The summed E-state index contributed by atoms with van der Waals surface area (Å²) < 4.78 is 47.3. The minimum absolute atomic E-state index is 0.0690. The SMILES string of the molecule is CN1CCN(c2ccc3nc(-c4ccc(OCc5cn(CCCCCCn6cc(CCCCc7cn(CCOC(OC8C(O)[C@H](N)CC(N)[C@H]8O[C@H]8OC(CN)[C@@H](O)C(O)C8N)C(O)CO[C@H]8OC(CN)[C@@H](O)C(O)C8N)nn7)nn6)nn5)cc4)[nH]c3c2)CC1. The van der Waals surface area contributed by atoms with Crippen LogP contribution in [-0.2, 0) is 67.5 Å². The summed E-state index contributed by atoms with van der Waals surface area (Å²) in [7, 11) is 2.16. The van der Waals surface area contributed by atoms with Crippen molar-refractivity contribution >= 4 is 16.7 Å².